The smallest absolute Gasteiger partial charge is 0.194 e. The molecule has 3 rings (SSSR count). The first-order chi connectivity index (χ1) is 14.2. The summed E-state index contributed by atoms with van der Waals surface area (Å²) in [4.78, 5) is 9.45. The zero-order valence-corrected chi connectivity index (χ0v) is 20.2. The van der Waals surface area contributed by atoms with Crippen LogP contribution in [0.1, 0.15) is 24.2 Å². The molecule has 1 unspecified atom stereocenters. The zero-order valence-electron chi connectivity index (χ0n) is 17.8. The number of piperazine rings is 1. The Bertz CT molecular complexity index is 780. The number of aliphatic hydroxyl groups excluding tert-OH is 1. The second kappa shape index (κ2) is 12.8. The molecule has 0 aromatic heterocycles. The summed E-state index contributed by atoms with van der Waals surface area (Å²) in [5.41, 5.74) is 2.17. The molecule has 1 heterocycles. The maximum Gasteiger partial charge on any atom is 0.194 e. The van der Waals surface area contributed by atoms with Gasteiger partial charge in [0.05, 0.1) is 19.8 Å². The topological polar surface area (TPSA) is 60.3 Å². The fourth-order valence-corrected chi connectivity index (χ4v) is 3.51. The van der Waals surface area contributed by atoms with Crippen molar-refractivity contribution in [2.24, 2.45) is 4.99 Å². The van der Waals surface area contributed by atoms with Gasteiger partial charge in [0.1, 0.15) is 5.75 Å². The second-order valence-electron chi connectivity index (χ2n) is 7.24. The molecule has 1 fully saturated rings. The summed E-state index contributed by atoms with van der Waals surface area (Å²) in [5, 5.41) is 13.9. The van der Waals surface area contributed by atoms with E-state index in [4.69, 9.17) is 9.73 Å². The SMILES string of the molecule is CCNC(=NCC(O)c1cccc(OC)c1)N1CCN(Cc2ccccc2)CC1.I. The molecule has 2 aromatic rings. The van der Waals surface area contributed by atoms with E-state index in [-0.39, 0.29) is 24.0 Å². The van der Waals surface area contributed by atoms with Gasteiger partial charge in [-0.3, -0.25) is 9.89 Å². The Morgan fingerprint density at radius 2 is 1.83 bits per heavy atom. The number of benzene rings is 2. The van der Waals surface area contributed by atoms with E-state index in [1.807, 2.05) is 24.3 Å². The molecule has 0 amide bonds. The van der Waals surface area contributed by atoms with Gasteiger partial charge in [0.25, 0.3) is 0 Å². The summed E-state index contributed by atoms with van der Waals surface area (Å²) < 4.78 is 5.24. The van der Waals surface area contributed by atoms with Crippen LogP contribution in [0.25, 0.3) is 0 Å². The third kappa shape index (κ3) is 7.14. The quantitative estimate of drug-likeness (QED) is 0.331. The van der Waals surface area contributed by atoms with E-state index in [1.165, 1.54) is 5.56 Å². The standard InChI is InChI=1S/C23H32N4O2.HI/c1-3-24-23(25-17-22(28)20-10-7-11-21(16-20)29-2)27-14-12-26(13-15-27)18-19-8-5-4-6-9-19;/h4-11,16,22,28H,3,12-15,17-18H2,1-2H3,(H,24,25);1H. The van der Waals surface area contributed by atoms with Crippen molar-refractivity contribution < 1.29 is 9.84 Å². The molecule has 6 nitrogen and oxygen atoms in total. The van der Waals surface area contributed by atoms with Crippen LogP contribution < -0.4 is 10.1 Å². The molecule has 2 aromatic carbocycles. The highest BCUT2D eigenvalue weighted by atomic mass is 127. The highest BCUT2D eigenvalue weighted by Gasteiger charge is 2.20. The number of nitrogens with one attached hydrogen (secondary N) is 1. The maximum atomic E-state index is 10.5. The van der Waals surface area contributed by atoms with Gasteiger partial charge in [-0.25, -0.2) is 0 Å². The third-order valence-corrected chi connectivity index (χ3v) is 5.15. The van der Waals surface area contributed by atoms with E-state index in [1.54, 1.807) is 7.11 Å². The van der Waals surface area contributed by atoms with Gasteiger partial charge in [-0.2, -0.15) is 0 Å². The number of aliphatic imine (C=N–C) groups is 1. The number of halogens is 1. The van der Waals surface area contributed by atoms with E-state index in [9.17, 15) is 5.11 Å². The van der Waals surface area contributed by atoms with Crippen molar-refractivity contribution in [1.82, 2.24) is 15.1 Å². The lowest BCUT2D eigenvalue weighted by Crippen LogP contribution is -2.52. The molecular formula is C23H33IN4O2. The van der Waals surface area contributed by atoms with E-state index in [0.717, 1.165) is 56.5 Å². The number of rotatable bonds is 7. The predicted molar refractivity (Wildman–Crippen MR) is 133 cm³/mol. The van der Waals surface area contributed by atoms with E-state index in [2.05, 4.69) is 52.4 Å². The highest BCUT2D eigenvalue weighted by Crippen LogP contribution is 2.19. The van der Waals surface area contributed by atoms with Crippen LogP contribution in [-0.4, -0.2) is 67.2 Å². The van der Waals surface area contributed by atoms with Crippen molar-refractivity contribution in [1.29, 1.82) is 0 Å². The Kier molecular flexibility index (Phi) is 10.4. The monoisotopic (exact) mass is 524 g/mol. The molecule has 7 heteroatoms. The number of nitrogens with zero attached hydrogens (tertiary/aromatic N) is 3. The van der Waals surface area contributed by atoms with Crippen LogP contribution >= 0.6 is 24.0 Å². The average Bonchev–Trinajstić information content (AvgIpc) is 2.78. The Balaban J connectivity index is 0.00000320. The summed E-state index contributed by atoms with van der Waals surface area (Å²) >= 11 is 0. The number of guanidine groups is 1. The number of hydrogen-bond donors (Lipinski definition) is 2. The summed E-state index contributed by atoms with van der Waals surface area (Å²) in [5.74, 6) is 1.61. The Morgan fingerprint density at radius 3 is 2.50 bits per heavy atom. The predicted octanol–water partition coefficient (Wildman–Crippen LogP) is 3.13. The first-order valence-corrected chi connectivity index (χ1v) is 10.3. The first-order valence-electron chi connectivity index (χ1n) is 10.3. The Hall–Kier alpha value is -1.84. The largest absolute Gasteiger partial charge is 0.497 e. The number of ether oxygens (including phenoxy) is 1. The van der Waals surface area contributed by atoms with Crippen LogP contribution in [0.15, 0.2) is 59.6 Å². The molecule has 0 saturated carbocycles. The fraction of sp³-hybridized carbons (Fsp3) is 0.435. The van der Waals surface area contributed by atoms with Gasteiger partial charge < -0.3 is 20.1 Å². The number of aliphatic hydroxyl groups is 1. The number of methoxy groups -OCH3 is 1. The summed E-state index contributed by atoms with van der Waals surface area (Å²) in [6.07, 6.45) is -0.655. The van der Waals surface area contributed by atoms with E-state index in [0.29, 0.717) is 6.54 Å². The van der Waals surface area contributed by atoms with Gasteiger partial charge in [0.15, 0.2) is 5.96 Å². The molecule has 30 heavy (non-hydrogen) atoms. The van der Waals surface area contributed by atoms with Gasteiger partial charge in [0.2, 0.25) is 0 Å². The normalized spacial score (nSPS) is 16.0. The lowest BCUT2D eigenvalue weighted by Gasteiger charge is -2.36. The van der Waals surface area contributed by atoms with Crippen molar-refractivity contribution in [3.8, 4) is 5.75 Å². The van der Waals surface area contributed by atoms with Crippen LogP contribution in [-0.2, 0) is 6.54 Å². The van der Waals surface area contributed by atoms with Crippen molar-refractivity contribution in [2.45, 2.75) is 19.6 Å². The van der Waals surface area contributed by atoms with Crippen molar-refractivity contribution in [2.75, 3.05) is 46.4 Å². The maximum absolute atomic E-state index is 10.5. The summed E-state index contributed by atoms with van der Waals surface area (Å²) in [7, 11) is 1.63. The molecule has 2 N–H and O–H groups in total. The fourth-order valence-electron chi connectivity index (χ4n) is 3.51. The van der Waals surface area contributed by atoms with Gasteiger partial charge in [-0.05, 0) is 30.2 Å². The minimum absolute atomic E-state index is 0. The van der Waals surface area contributed by atoms with Crippen LogP contribution in [0.4, 0.5) is 0 Å². The minimum Gasteiger partial charge on any atom is -0.497 e. The highest BCUT2D eigenvalue weighted by molar-refractivity contribution is 14.0. The van der Waals surface area contributed by atoms with Crippen LogP contribution in [0, 0.1) is 0 Å². The van der Waals surface area contributed by atoms with Gasteiger partial charge in [0, 0.05) is 39.3 Å². The molecule has 0 aliphatic carbocycles. The lowest BCUT2D eigenvalue weighted by atomic mass is 10.1. The molecule has 0 spiro atoms. The summed E-state index contributed by atoms with van der Waals surface area (Å²) in [6.45, 7) is 8.02. The molecule has 1 saturated heterocycles. The van der Waals surface area contributed by atoms with E-state index >= 15 is 0 Å². The zero-order chi connectivity index (χ0) is 20.5. The van der Waals surface area contributed by atoms with Gasteiger partial charge in [-0.15, -0.1) is 24.0 Å². The van der Waals surface area contributed by atoms with Gasteiger partial charge >= 0.3 is 0 Å². The molecule has 1 atom stereocenters. The van der Waals surface area contributed by atoms with Crippen LogP contribution in [0.2, 0.25) is 0 Å². The molecule has 164 valence electrons. The minimum atomic E-state index is -0.655. The molecule has 1 aliphatic rings. The van der Waals surface area contributed by atoms with Crippen molar-refractivity contribution >= 4 is 29.9 Å². The van der Waals surface area contributed by atoms with Crippen molar-refractivity contribution in [3.63, 3.8) is 0 Å². The molecular weight excluding hydrogens is 491 g/mol. The Labute approximate surface area is 197 Å². The summed E-state index contributed by atoms with van der Waals surface area (Å²) in [6, 6.07) is 18.1. The Morgan fingerprint density at radius 1 is 1.10 bits per heavy atom. The van der Waals surface area contributed by atoms with E-state index < -0.39 is 6.10 Å². The lowest BCUT2D eigenvalue weighted by molar-refractivity contribution is 0.169. The first kappa shape index (κ1) is 24.4. The molecule has 0 radical (unpaired) electrons. The average molecular weight is 524 g/mol. The second-order valence-corrected chi connectivity index (χ2v) is 7.24. The number of hydrogen-bond acceptors (Lipinski definition) is 4. The molecule has 0 bridgehead atoms. The molecule has 1 aliphatic heterocycles. The van der Waals surface area contributed by atoms with Gasteiger partial charge in [-0.1, -0.05) is 42.5 Å². The van der Waals surface area contributed by atoms with Crippen molar-refractivity contribution in [3.05, 3.63) is 65.7 Å². The van der Waals surface area contributed by atoms with Crippen LogP contribution in [0.3, 0.4) is 0 Å². The van der Waals surface area contributed by atoms with Crippen LogP contribution in [0.5, 0.6) is 5.75 Å². The third-order valence-electron chi connectivity index (χ3n) is 5.15.